The first-order chi connectivity index (χ1) is 12.2. The number of carbonyl (C=O) groups excluding carboxylic acids is 3. The van der Waals surface area contributed by atoms with E-state index in [9.17, 15) is 34.2 Å². The van der Waals surface area contributed by atoms with Crippen LogP contribution in [0.25, 0.3) is 10.4 Å². The highest BCUT2D eigenvalue weighted by Crippen LogP contribution is 2.53. The molecule has 0 radical (unpaired) electrons. The van der Waals surface area contributed by atoms with Gasteiger partial charge in [-0.3, -0.25) is 19.1 Å². The Kier molecular flexibility index (Phi) is 4.66. The van der Waals surface area contributed by atoms with Gasteiger partial charge in [0.05, 0.1) is 6.61 Å². The lowest BCUT2D eigenvalue weighted by molar-refractivity contribution is -0.172. The van der Waals surface area contributed by atoms with E-state index < -0.39 is 40.8 Å². The third-order valence-electron chi connectivity index (χ3n) is 4.35. The summed E-state index contributed by atoms with van der Waals surface area (Å²) in [6.07, 6.45) is -1.66. The van der Waals surface area contributed by atoms with Crippen molar-refractivity contribution < 1.29 is 29.3 Å². The minimum absolute atomic E-state index is 0.0973. The van der Waals surface area contributed by atoms with E-state index in [2.05, 4.69) is 10.0 Å². The van der Waals surface area contributed by atoms with Crippen molar-refractivity contribution in [2.45, 2.75) is 24.5 Å². The highest BCUT2D eigenvalue weighted by molar-refractivity contribution is 5.93. The number of ether oxygens (including phenoxy) is 1. The molecule has 3 N–H and O–H groups in total. The molecule has 0 saturated carbocycles. The minimum Gasteiger partial charge on any atom is -0.394 e. The molecule has 2 heterocycles. The van der Waals surface area contributed by atoms with Crippen LogP contribution in [0.2, 0.25) is 0 Å². The third kappa shape index (κ3) is 2.09. The highest BCUT2D eigenvalue weighted by atomic mass is 16.6. The van der Waals surface area contributed by atoms with Gasteiger partial charge in [-0.25, -0.2) is 4.79 Å². The van der Waals surface area contributed by atoms with Gasteiger partial charge in [-0.2, -0.15) is 0 Å². The van der Waals surface area contributed by atoms with Gasteiger partial charge in [0, 0.05) is 16.7 Å². The van der Waals surface area contributed by atoms with Gasteiger partial charge in [0.25, 0.3) is 5.56 Å². The number of hydrogen-bond donors (Lipinski definition) is 3. The standard InChI is InChI=1S/C13H13N5O8/c1-7-2-18(10(24)15-9(7)23)12(6-22)11(4-20,5-21)13(25,16-17-14)8(3-19)26-12/h2,4-6,8,19,25H,3H2,1H3,(H,15,23,24)/t8-,12-,13-/m1/s1. The van der Waals surface area contributed by atoms with Crippen LogP contribution in [0.3, 0.4) is 0 Å². The monoisotopic (exact) mass is 367 g/mol. The van der Waals surface area contributed by atoms with Crippen LogP contribution in [0, 0.1) is 12.3 Å². The van der Waals surface area contributed by atoms with Crippen LogP contribution in [-0.4, -0.2) is 57.1 Å². The molecule has 26 heavy (non-hydrogen) atoms. The van der Waals surface area contributed by atoms with Crippen molar-refractivity contribution in [3.8, 4) is 0 Å². The summed E-state index contributed by atoms with van der Waals surface area (Å²) in [4.78, 5) is 63.6. The minimum atomic E-state index is -3.04. The highest BCUT2D eigenvalue weighted by Gasteiger charge is 2.76. The summed E-state index contributed by atoms with van der Waals surface area (Å²) in [7, 11) is 0. The smallest absolute Gasteiger partial charge is 0.331 e. The van der Waals surface area contributed by atoms with Gasteiger partial charge in [0.1, 0.15) is 18.7 Å². The van der Waals surface area contributed by atoms with Crippen LogP contribution in [0.1, 0.15) is 5.56 Å². The lowest BCUT2D eigenvalue weighted by atomic mass is 9.72. The lowest BCUT2D eigenvalue weighted by Gasteiger charge is -2.37. The number of azide groups is 1. The van der Waals surface area contributed by atoms with Crippen molar-refractivity contribution >= 4 is 18.9 Å². The Bertz CT molecular complexity index is 923. The van der Waals surface area contributed by atoms with Crippen LogP contribution in [-0.2, 0) is 24.8 Å². The van der Waals surface area contributed by atoms with Crippen molar-refractivity contribution in [3.63, 3.8) is 0 Å². The summed E-state index contributed by atoms with van der Waals surface area (Å²) < 4.78 is 5.63. The van der Waals surface area contributed by atoms with E-state index in [1.165, 1.54) is 6.92 Å². The number of nitrogens with one attached hydrogen (secondary N) is 1. The van der Waals surface area contributed by atoms with E-state index in [1.807, 2.05) is 4.98 Å². The first-order valence-electron chi connectivity index (χ1n) is 7.03. The molecule has 3 atom stereocenters. The van der Waals surface area contributed by atoms with E-state index in [1.54, 1.807) is 0 Å². The van der Waals surface area contributed by atoms with Crippen LogP contribution in [0.5, 0.6) is 0 Å². The Hall–Kier alpha value is -3.12. The molecule has 138 valence electrons. The number of nitrogens with zero attached hydrogens (tertiary/aromatic N) is 4. The summed E-state index contributed by atoms with van der Waals surface area (Å²) in [6.45, 7) is 0.181. The normalized spacial score (nSPS) is 29.6. The molecule has 13 nitrogen and oxygen atoms in total. The molecule has 1 aliphatic heterocycles. The maximum Gasteiger partial charge on any atom is 0.331 e. The average molecular weight is 367 g/mol. The molecule has 13 heteroatoms. The summed E-state index contributed by atoms with van der Waals surface area (Å²) in [6, 6.07) is 0. The predicted molar refractivity (Wildman–Crippen MR) is 80.7 cm³/mol. The Morgan fingerprint density at radius 1 is 1.38 bits per heavy atom. The fourth-order valence-electron chi connectivity index (χ4n) is 2.93. The Morgan fingerprint density at radius 3 is 2.46 bits per heavy atom. The molecule has 0 spiro atoms. The van der Waals surface area contributed by atoms with Gasteiger partial charge < -0.3 is 24.5 Å². The topological polar surface area (TPSA) is 205 Å². The van der Waals surface area contributed by atoms with E-state index in [4.69, 9.17) is 10.3 Å². The molecule has 1 saturated heterocycles. The molecule has 0 bridgehead atoms. The number of aliphatic hydroxyl groups is 2. The van der Waals surface area contributed by atoms with Gasteiger partial charge in [-0.05, 0) is 12.5 Å². The number of aldehydes is 3. The predicted octanol–water partition coefficient (Wildman–Crippen LogP) is -2.53. The molecule has 1 aliphatic rings. The Labute approximate surface area is 143 Å². The second-order valence-electron chi connectivity index (χ2n) is 5.57. The zero-order valence-corrected chi connectivity index (χ0v) is 13.2. The summed E-state index contributed by atoms with van der Waals surface area (Å²) >= 11 is 0. The van der Waals surface area contributed by atoms with Gasteiger partial charge in [-0.1, -0.05) is 5.11 Å². The van der Waals surface area contributed by atoms with Crippen molar-refractivity contribution in [3.05, 3.63) is 43.0 Å². The molecule has 2 rings (SSSR count). The maximum absolute atomic E-state index is 12.2. The van der Waals surface area contributed by atoms with Crippen LogP contribution < -0.4 is 11.2 Å². The second-order valence-corrected chi connectivity index (χ2v) is 5.57. The zero-order chi connectivity index (χ0) is 19.8. The number of aliphatic hydroxyl groups excluding tert-OH is 1. The molecule has 0 amide bonds. The number of H-pyrrole nitrogens is 1. The average Bonchev–Trinajstić information content (AvgIpc) is 2.83. The van der Waals surface area contributed by atoms with E-state index in [0.717, 1.165) is 6.20 Å². The lowest BCUT2D eigenvalue weighted by Crippen LogP contribution is -2.63. The molecule has 1 aromatic rings. The fourth-order valence-corrected chi connectivity index (χ4v) is 2.93. The Balaban J connectivity index is 3.02. The summed E-state index contributed by atoms with van der Waals surface area (Å²) in [5.74, 6) is 0. The number of aromatic nitrogens is 2. The van der Waals surface area contributed by atoms with Crippen molar-refractivity contribution in [2.75, 3.05) is 6.61 Å². The summed E-state index contributed by atoms with van der Waals surface area (Å²) in [5.41, 5.74) is -2.26. The van der Waals surface area contributed by atoms with Crippen molar-refractivity contribution in [2.24, 2.45) is 10.5 Å². The third-order valence-corrected chi connectivity index (χ3v) is 4.35. The zero-order valence-electron chi connectivity index (χ0n) is 13.2. The molecular formula is C13H13N5O8. The van der Waals surface area contributed by atoms with E-state index in [-0.39, 0.29) is 24.4 Å². The number of aromatic amines is 1. The fraction of sp³-hybridized carbons (Fsp3) is 0.462. The number of rotatable bonds is 6. The molecular weight excluding hydrogens is 354 g/mol. The molecule has 1 aromatic heterocycles. The quantitative estimate of drug-likeness (QED) is 0.160. The van der Waals surface area contributed by atoms with E-state index >= 15 is 0 Å². The molecule has 0 unspecified atom stereocenters. The largest absolute Gasteiger partial charge is 0.394 e. The Morgan fingerprint density at radius 2 is 2.00 bits per heavy atom. The van der Waals surface area contributed by atoms with Crippen molar-refractivity contribution in [1.29, 1.82) is 0 Å². The second kappa shape index (κ2) is 6.31. The first kappa shape index (κ1) is 19.2. The van der Waals surface area contributed by atoms with Crippen LogP contribution in [0.4, 0.5) is 0 Å². The molecule has 0 aliphatic carbocycles. The van der Waals surface area contributed by atoms with Crippen LogP contribution in [0.15, 0.2) is 20.9 Å². The van der Waals surface area contributed by atoms with Gasteiger partial charge >= 0.3 is 5.69 Å². The van der Waals surface area contributed by atoms with Gasteiger partial charge in [-0.15, -0.1) is 0 Å². The molecule has 0 aromatic carbocycles. The number of aryl methyl sites for hydroxylation is 1. The van der Waals surface area contributed by atoms with Gasteiger partial charge in [0.2, 0.25) is 5.72 Å². The molecule has 1 fully saturated rings. The van der Waals surface area contributed by atoms with Crippen molar-refractivity contribution in [1.82, 2.24) is 9.55 Å². The van der Waals surface area contributed by atoms with E-state index in [0.29, 0.717) is 4.57 Å². The number of hydrogen-bond acceptors (Lipinski definition) is 9. The van der Waals surface area contributed by atoms with Gasteiger partial charge in [0.15, 0.2) is 17.4 Å². The first-order valence-corrected chi connectivity index (χ1v) is 7.03. The SMILES string of the molecule is Cc1cn([C@]2(C=O)O[C@H](CO)[C@](O)(N=[N+]=[N-])C2(C=O)C=O)c(=O)[nH]c1=O. The maximum atomic E-state index is 12.2. The van der Waals surface area contributed by atoms with Crippen LogP contribution >= 0.6 is 0 Å². The number of carbonyl (C=O) groups is 3. The summed E-state index contributed by atoms with van der Waals surface area (Å²) in [5, 5.41) is 23.1.